The maximum Gasteiger partial charge on any atom is 0.337 e. The van der Waals surface area contributed by atoms with Gasteiger partial charge in [-0.1, -0.05) is 24.3 Å². The van der Waals surface area contributed by atoms with Crippen LogP contribution in [0.15, 0.2) is 78.9 Å². The molecule has 1 heterocycles. The summed E-state index contributed by atoms with van der Waals surface area (Å²) in [6.45, 7) is 1.03. The maximum atomic E-state index is 13.0. The van der Waals surface area contributed by atoms with Crippen molar-refractivity contribution in [2.75, 3.05) is 52.8 Å². The Bertz CT molecular complexity index is 1850. The number of aliphatic hydroxyl groups is 1. The third kappa shape index (κ3) is 7.15. The summed E-state index contributed by atoms with van der Waals surface area (Å²) in [6.07, 6.45) is 0. The Kier molecular flexibility index (Phi) is 10.1. The number of aromatic nitrogens is 1. The number of aliphatic hydroxyl groups excluding tert-OH is 1. The third-order valence-corrected chi connectivity index (χ3v) is 7.49. The van der Waals surface area contributed by atoms with Gasteiger partial charge in [0.1, 0.15) is 11.3 Å². The van der Waals surface area contributed by atoms with Crippen LogP contribution >= 0.6 is 23.2 Å². The molecule has 0 aliphatic rings. The van der Waals surface area contributed by atoms with Crippen LogP contribution in [0.4, 0.5) is 33.2 Å². The molecule has 0 aliphatic heterocycles. The number of carboxylic acids is 1. The molecule has 0 radical (unpaired) electrons. The first-order chi connectivity index (χ1) is 21.8. The molecule has 0 bridgehead atoms. The summed E-state index contributed by atoms with van der Waals surface area (Å²) in [4.78, 5) is 31.8. The number of aromatic carboxylic acids is 1. The number of carbonyl (C=O) groups is 2. The summed E-state index contributed by atoms with van der Waals surface area (Å²) in [5, 5.41) is 30.2. The van der Waals surface area contributed by atoms with Crippen LogP contribution in [0.2, 0.25) is 0 Å². The highest BCUT2D eigenvalue weighted by Crippen LogP contribution is 2.38. The zero-order chi connectivity index (χ0) is 31.9. The quantitative estimate of drug-likeness (QED) is 0.0705. The molecule has 2 amide bonds. The molecular formula is C33H31Cl2N5O5. The lowest BCUT2D eigenvalue weighted by atomic mass is 10.0. The van der Waals surface area contributed by atoms with Gasteiger partial charge in [-0.3, -0.25) is 0 Å². The average Bonchev–Trinajstić information content (AvgIpc) is 3.04. The normalized spacial score (nSPS) is 10.9. The Morgan fingerprint density at radius 1 is 0.844 bits per heavy atom. The summed E-state index contributed by atoms with van der Waals surface area (Å²) in [5.41, 5.74) is 4.48. The topological polar surface area (TPSA) is 136 Å². The lowest BCUT2D eigenvalue weighted by molar-refractivity contribution is 0.0698. The number of nitrogens with one attached hydrogen (secondary N) is 3. The molecule has 10 nitrogen and oxygen atoms in total. The monoisotopic (exact) mass is 647 g/mol. The summed E-state index contributed by atoms with van der Waals surface area (Å²) in [6, 6.07) is 22.4. The van der Waals surface area contributed by atoms with Gasteiger partial charge in [-0.25, -0.2) is 14.6 Å². The first-order valence-electron chi connectivity index (χ1n) is 14.0. The molecule has 4 aromatic carbocycles. The third-order valence-electron chi connectivity index (χ3n) is 7.15. The lowest BCUT2D eigenvalue weighted by Gasteiger charge is -2.23. The highest BCUT2D eigenvalue weighted by molar-refractivity contribution is 6.18. The minimum Gasteiger partial charge on any atom is -0.494 e. The minimum atomic E-state index is -1.11. The molecule has 5 rings (SSSR count). The van der Waals surface area contributed by atoms with Crippen molar-refractivity contribution in [3.63, 3.8) is 0 Å². The van der Waals surface area contributed by atoms with E-state index in [1.54, 1.807) is 48.5 Å². The number of para-hydroxylation sites is 2. The van der Waals surface area contributed by atoms with Crippen LogP contribution in [0.5, 0.6) is 5.75 Å². The van der Waals surface area contributed by atoms with Crippen LogP contribution in [0, 0.1) is 0 Å². The molecule has 1 aromatic heterocycles. The number of pyridine rings is 1. The molecular weight excluding hydrogens is 617 g/mol. The summed E-state index contributed by atoms with van der Waals surface area (Å²) < 4.78 is 5.53. The molecule has 0 fully saturated rings. The van der Waals surface area contributed by atoms with E-state index < -0.39 is 12.0 Å². The Hall–Kier alpha value is -4.77. The number of urea groups is 1. The average molecular weight is 649 g/mol. The first-order valence-corrected chi connectivity index (χ1v) is 15.1. The van der Waals surface area contributed by atoms with E-state index in [0.29, 0.717) is 80.7 Å². The van der Waals surface area contributed by atoms with Crippen molar-refractivity contribution in [2.45, 2.75) is 6.61 Å². The van der Waals surface area contributed by atoms with Crippen molar-refractivity contribution in [2.24, 2.45) is 0 Å². The molecule has 0 spiro atoms. The number of hydrogen-bond acceptors (Lipinski definition) is 7. The Labute approximate surface area is 269 Å². The van der Waals surface area contributed by atoms with Gasteiger partial charge < -0.3 is 35.8 Å². The van der Waals surface area contributed by atoms with Crippen LogP contribution in [0.3, 0.4) is 0 Å². The van der Waals surface area contributed by atoms with E-state index in [1.807, 2.05) is 24.3 Å². The van der Waals surface area contributed by atoms with Gasteiger partial charge in [0.15, 0.2) is 0 Å². The second kappa shape index (κ2) is 14.3. The van der Waals surface area contributed by atoms with Crippen molar-refractivity contribution in [1.82, 2.24) is 4.98 Å². The second-order valence-electron chi connectivity index (χ2n) is 10.0. The molecule has 5 N–H and O–H groups in total. The van der Waals surface area contributed by atoms with Gasteiger partial charge in [0.2, 0.25) is 0 Å². The number of hydrogen-bond donors (Lipinski definition) is 5. The maximum absolute atomic E-state index is 13.0. The van der Waals surface area contributed by atoms with E-state index in [0.717, 1.165) is 5.69 Å². The van der Waals surface area contributed by atoms with Crippen molar-refractivity contribution >= 4 is 85.4 Å². The van der Waals surface area contributed by atoms with Gasteiger partial charge in [-0.05, 0) is 60.2 Å². The van der Waals surface area contributed by atoms with Crippen molar-refractivity contribution in [1.29, 1.82) is 0 Å². The fourth-order valence-electron chi connectivity index (χ4n) is 5.13. The Morgan fingerprint density at radius 3 is 2.13 bits per heavy atom. The van der Waals surface area contributed by atoms with Crippen LogP contribution in [-0.2, 0) is 6.61 Å². The molecule has 12 heteroatoms. The lowest BCUT2D eigenvalue weighted by Crippen LogP contribution is -2.27. The smallest absolute Gasteiger partial charge is 0.337 e. The molecule has 5 aromatic rings. The molecule has 232 valence electrons. The fourth-order valence-corrected chi connectivity index (χ4v) is 5.54. The fraction of sp³-hybridized carbons (Fsp3) is 0.182. The molecule has 0 saturated heterocycles. The number of carboxylic acid groups (broad SMARTS) is 1. The number of fused-ring (bicyclic) bond motifs is 2. The molecule has 0 aliphatic carbocycles. The number of anilines is 5. The molecule has 45 heavy (non-hydrogen) atoms. The van der Waals surface area contributed by atoms with Crippen LogP contribution in [0.25, 0.3) is 21.8 Å². The summed E-state index contributed by atoms with van der Waals surface area (Å²) in [7, 11) is 1.52. The van der Waals surface area contributed by atoms with E-state index in [-0.39, 0.29) is 12.2 Å². The van der Waals surface area contributed by atoms with Crippen molar-refractivity contribution in [3.8, 4) is 5.75 Å². The van der Waals surface area contributed by atoms with Gasteiger partial charge in [-0.2, -0.15) is 0 Å². The van der Waals surface area contributed by atoms with Crippen molar-refractivity contribution < 1.29 is 24.5 Å². The number of benzene rings is 4. The van der Waals surface area contributed by atoms with Crippen LogP contribution < -0.4 is 25.6 Å². The number of alkyl halides is 2. The number of rotatable bonds is 12. The predicted octanol–water partition coefficient (Wildman–Crippen LogP) is 7.26. The largest absolute Gasteiger partial charge is 0.494 e. The zero-order valence-electron chi connectivity index (χ0n) is 24.3. The second-order valence-corrected chi connectivity index (χ2v) is 10.8. The number of halogens is 2. The predicted molar refractivity (Wildman–Crippen MR) is 181 cm³/mol. The standard InChI is InChI=1S/C33H31Cl2N5O5/c1-45-28-7-3-5-26-29(25-4-2-6-27(32(42)43)30(25)39-31(26)28)36-22-16-20(19-41)17-23(18-22)38-33(44)37-21-8-10-24(11-9-21)40(14-12-34)15-13-35/h2-11,16-18,41H,12-15,19H2,1H3,(H,36,39)(H,42,43)(H2,37,38,44). The van der Waals surface area contributed by atoms with Crippen LogP contribution in [-0.4, -0.2) is 59.2 Å². The SMILES string of the molecule is COc1cccc2c(Nc3cc(CO)cc(NC(=O)Nc4ccc(N(CCCl)CCCl)cc4)c3)c3cccc(C(=O)O)c3nc12. The van der Waals surface area contributed by atoms with E-state index in [4.69, 9.17) is 27.9 Å². The number of methoxy groups -OCH3 is 1. The van der Waals surface area contributed by atoms with Gasteiger partial charge >= 0.3 is 12.0 Å². The van der Waals surface area contributed by atoms with E-state index >= 15 is 0 Å². The zero-order valence-corrected chi connectivity index (χ0v) is 25.8. The minimum absolute atomic E-state index is 0.0466. The molecule has 0 atom stereocenters. The number of amides is 2. The van der Waals surface area contributed by atoms with Crippen LogP contribution in [0.1, 0.15) is 15.9 Å². The number of nitrogens with zero attached hydrogens (tertiary/aromatic N) is 2. The van der Waals surface area contributed by atoms with Gasteiger partial charge in [0.05, 0.1) is 30.5 Å². The Balaban J connectivity index is 1.45. The van der Waals surface area contributed by atoms with E-state index in [9.17, 15) is 19.8 Å². The summed E-state index contributed by atoms with van der Waals surface area (Å²) >= 11 is 11.8. The Morgan fingerprint density at radius 2 is 1.49 bits per heavy atom. The van der Waals surface area contributed by atoms with E-state index in [2.05, 4.69) is 25.8 Å². The molecule has 0 unspecified atom stereocenters. The molecule has 0 saturated carbocycles. The van der Waals surface area contributed by atoms with Gasteiger partial charge in [0, 0.05) is 58.4 Å². The number of ether oxygens (including phenoxy) is 1. The van der Waals surface area contributed by atoms with Crippen molar-refractivity contribution in [3.05, 3.63) is 90.0 Å². The van der Waals surface area contributed by atoms with Gasteiger partial charge in [0.25, 0.3) is 0 Å². The first kappa shape index (κ1) is 31.6. The highest BCUT2D eigenvalue weighted by atomic mass is 35.5. The van der Waals surface area contributed by atoms with E-state index in [1.165, 1.54) is 13.2 Å². The van der Waals surface area contributed by atoms with Gasteiger partial charge in [-0.15, -0.1) is 23.2 Å². The highest BCUT2D eigenvalue weighted by Gasteiger charge is 2.18. The summed E-state index contributed by atoms with van der Waals surface area (Å²) in [5.74, 6) is 0.313. The number of carbonyl (C=O) groups excluding carboxylic acids is 1.